The topological polar surface area (TPSA) is 81.7 Å². The SMILES string of the molecule is C[C@@H](NC[C@@H]1CN(C(=O)Nc2ccc(C(=O)O)cc2Cl)C[C@@H]1c1ccccc1)c1cccc2ccccc12. The van der Waals surface area contributed by atoms with Crippen molar-refractivity contribution in [1.82, 2.24) is 10.2 Å². The Kier molecular flexibility index (Phi) is 7.63. The second-order valence-electron chi connectivity index (χ2n) is 9.81. The highest BCUT2D eigenvalue weighted by Gasteiger charge is 2.36. The number of rotatable bonds is 7. The van der Waals surface area contributed by atoms with Gasteiger partial charge in [0.15, 0.2) is 0 Å². The maximum atomic E-state index is 13.2. The van der Waals surface area contributed by atoms with Crippen LogP contribution in [0.5, 0.6) is 0 Å². The molecule has 0 radical (unpaired) electrons. The van der Waals surface area contributed by atoms with Crippen LogP contribution in [-0.2, 0) is 0 Å². The van der Waals surface area contributed by atoms with Gasteiger partial charge in [0, 0.05) is 31.6 Å². The van der Waals surface area contributed by atoms with Crippen molar-refractivity contribution in [2.24, 2.45) is 5.92 Å². The summed E-state index contributed by atoms with van der Waals surface area (Å²) in [5.41, 5.74) is 2.93. The third-order valence-electron chi connectivity index (χ3n) is 7.39. The van der Waals surface area contributed by atoms with Gasteiger partial charge in [-0.1, -0.05) is 84.4 Å². The van der Waals surface area contributed by atoms with Gasteiger partial charge in [-0.25, -0.2) is 9.59 Å². The van der Waals surface area contributed by atoms with E-state index in [2.05, 4.69) is 72.2 Å². The molecule has 6 nitrogen and oxygen atoms in total. The van der Waals surface area contributed by atoms with Gasteiger partial charge in [-0.05, 0) is 52.9 Å². The summed E-state index contributed by atoms with van der Waals surface area (Å²) >= 11 is 6.26. The largest absolute Gasteiger partial charge is 0.478 e. The molecule has 1 aliphatic rings. The van der Waals surface area contributed by atoms with Gasteiger partial charge in [-0.15, -0.1) is 0 Å². The number of halogens is 1. The lowest BCUT2D eigenvalue weighted by Crippen LogP contribution is -2.34. The van der Waals surface area contributed by atoms with Crippen molar-refractivity contribution >= 4 is 40.1 Å². The smallest absolute Gasteiger partial charge is 0.335 e. The predicted octanol–water partition coefficient (Wildman–Crippen LogP) is 6.79. The second-order valence-corrected chi connectivity index (χ2v) is 10.2. The zero-order valence-corrected chi connectivity index (χ0v) is 21.9. The van der Waals surface area contributed by atoms with Gasteiger partial charge in [0.2, 0.25) is 0 Å². The molecule has 1 heterocycles. The van der Waals surface area contributed by atoms with Crippen LogP contribution < -0.4 is 10.6 Å². The van der Waals surface area contributed by atoms with Crippen LogP contribution >= 0.6 is 11.6 Å². The molecule has 0 unspecified atom stereocenters. The quantitative estimate of drug-likeness (QED) is 0.247. The summed E-state index contributed by atoms with van der Waals surface area (Å²) in [7, 11) is 0. The van der Waals surface area contributed by atoms with Crippen LogP contribution in [0.4, 0.5) is 10.5 Å². The zero-order chi connectivity index (χ0) is 26.6. The van der Waals surface area contributed by atoms with E-state index < -0.39 is 5.97 Å². The van der Waals surface area contributed by atoms with E-state index in [1.54, 1.807) is 0 Å². The summed E-state index contributed by atoms with van der Waals surface area (Å²) in [6.45, 7) is 4.10. The third kappa shape index (κ3) is 5.52. The summed E-state index contributed by atoms with van der Waals surface area (Å²) in [6.07, 6.45) is 0. The van der Waals surface area contributed by atoms with Crippen molar-refractivity contribution in [3.05, 3.63) is 113 Å². The lowest BCUT2D eigenvalue weighted by molar-refractivity contribution is 0.0697. The number of aromatic carboxylic acids is 1. The van der Waals surface area contributed by atoms with Crippen molar-refractivity contribution in [3.63, 3.8) is 0 Å². The molecule has 1 fully saturated rings. The molecule has 38 heavy (non-hydrogen) atoms. The monoisotopic (exact) mass is 527 g/mol. The van der Waals surface area contributed by atoms with Crippen LogP contribution in [0.1, 0.15) is 40.4 Å². The number of likely N-dealkylation sites (tertiary alicyclic amines) is 1. The van der Waals surface area contributed by atoms with Crippen LogP contribution in [0.25, 0.3) is 10.8 Å². The molecule has 2 amide bonds. The first-order valence-electron chi connectivity index (χ1n) is 12.8. The zero-order valence-electron chi connectivity index (χ0n) is 21.1. The summed E-state index contributed by atoms with van der Waals surface area (Å²) in [6, 6.07) is 29.3. The van der Waals surface area contributed by atoms with Crippen molar-refractivity contribution in [2.75, 3.05) is 25.0 Å². The molecule has 4 aromatic rings. The number of amides is 2. The molecule has 3 N–H and O–H groups in total. The molecule has 1 aliphatic heterocycles. The van der Waals surface area contributed by atoms with Gasteiger partial charge < -0.3 is 20.6 Å². The lowest BCUT2D eigenvalue weighted by Gasteiger charge is -2.23. The minimum atomic E-state index is -1.07. The molecule has 3 atom stereocenters. The summed E-state index contributed by atoms with van der Waals surface area (Å²) < 4.78 is 0. The van der Waals surface area contributed by atoms with E-state index in [4.69, 9.17) is 11.6 Å². The van der Waals surface area contributed by atoms with E-state index >= 15 is 0 Å². The van der Waals surface area contributed by atoms with Crippen molar-refractivity contribution < 1.29 is 14.7 Å². The molecule has 4 aromatic carbocycles. The number of carbonyl (C=O) groups is 2. The number of carboxylic acids is 1. The maximum absolute atomic E-state index is 13.2. The van der Waals surface area contributed by atoms with E-state index in [1.165, 1.54) is 40.1 Å². The molecule has 1 saturated heterocycles. The normalized spacial score (nSPS) is 17.9. The van der Waals surface area contributed by atoms with Crippen molar-refractivity contribution in [2.45, 2.75) is 18.9 Å². The van der Waals surface area contributed by atoms with E-state index in [-0.39, 0.29) is 34.5 Å². The average Bonchev–Trinajstić information content (AvgIpc) is 3.37. The standard InChI is InChI=1S/C31H30ClN3O3/c1-20(25-13-7-11-21-10-5-6-12-26(21)25)33-17-24-18-35(19-27(24)22-8-3-2-4-9-22)31(38)34-29-15-14-23(30(36)37)16-28(29)32/h2-16,20,24,27,33H,17-19H2,1H3,(H,34,38)(H,36,37)/t20-,24-,27-/m1/s1. The number of nitrogens with zero attached hydrogens (tertiary/aromatic N) is 1. The molecular formula is C31H30ClN3O3. The summed E-state index contributed by atoms with van der Waals surface area (Å²) in [5, 5.41) is 18.4. The first-order valence-corrected chi connectivity index (χ1v) is 13.1. The van der Waals surface area contributed by atoms with E-state index in [1.807, 2.05) is 23.1 Å². The summed E-state index contributed by atoms with van der Waals surface area (Å²) in [4.78, 5) is 26.3. The van der Waals surface area contributed by atoms with Crippen LogP contribution in [0.3, 0.4) is 0 Å². The fraction of sp³-hybridized carbons (Fsp3) is 0.226. The number of hydrogen-bond acceptors (Lipinski definition) is 3. The Hall–Kier alpha value is -3.87. The van der Waals surface area contributed by atoms with E-state index in [9.17, 15) is 14.7 Å². The average molecular weight is 528 g/mol. The minimum Gasteiger partial charge on any atom is -0.478 e. The minimum absolute atomic E-state index is 0.0739. The summed E-state index contributed by atoms with van der Waals surface area (Å²) in [5.74, 6) is -0.674. The fourth-order valence-electron chi connectivity index (χ4n) is 5.33. The Bertz CT molecular complexity index is 1450. The molecule has 194 valence electrons. The van der Waals surface area contributed by atoms with E-state index in [0.29, 0.717) is 18.8 Å². The number of fused-ring (bicyclic) bond motifs is 1. The van der Waals surface area contributed by atoms with Gasteiger partial charge in [-0.3, -0.25) is 0 Å². The van der Waals surface area contributed by atoms with Gasteiger partial charge in [0.05, 0.1) is 16.3 Å². The van der Waals surface area contributed by atoms with E-state index in [0.717, 1.165) is 6.54 Å². The Balaban J connectivity index is 1.31. The van der Waals surface area contributed by atoms with Gasteiger partial charge >= 0.3 is 12.0 Å². The molecule has 5 rings (SSSR count). The van der Waals surface area contributed by atoms with Crippen LogP contribution in [-0.4, -0.2) is 41.6 Å². The fourth-order valence-corrected chi connectivity index (χ4v) is 5.56. The number of nitrogens with one attached hydrogen (secondary N) is 2. The number of carbonyl (C=O) groups excluding carboxylic acids is 1. The lowest BCUT2D eigenvalue weighted by atomic mass is 9.88. The predicted molar refractivity (Wildman–Crippen MR) is 152 cm³/mol. The molecule has 0 aliphatic carbocycles. The van der Waals surface area contributed by atoms with Crippen LogP contribution in [0.2, 0.25) is 5.02 Å². The number of carboxylic acid groups (broad SMARTS) is 1. The number of anilines is 1. The Morgan fingerprint density at radius 3 is 2.47 bits per heavy atom. The molecule has 7 heteroatoms. The van der Waals surface area contributed by atoms with Gasteiger partial charge in [0.1, 0.15) is 0 Å². The molecule has 0 bridgehead atoms. The highest BCUT2D eigenvalue weighted by molar-refractivity contribution is 6.34. The highest BCUT2D eigenvalue weighted by Crippen LogP contribution is 2.34. The van der Waals surface area contributed by atoms with Crippen LogP contribution in [0, 0.1) is 5.92 Å². The Morgan fingerprint density at radius 1 is 0.974 bits per heavy atom. The first-order chi connectivity index (χ1) is 18.4. The Morgan fingerprint density at radius 2 is 1.71 bits per heavy atom. The van der Waals surface area contributed by atoms with Gasteiger partial charge in [0.25, 0.3) is 0 Å². The van der Waals surface area contributed by atoms with Crippen molar-refractivity contribution in [3.8, 4) is 0 Å². The molecular weight excluding hydrogens is 498 g/mol. The Labute approximate surface area is 227 Å². The van der Waals surface area contributed by atoms with Crippen molar-refractivity contribution in [1.29, 1.82) is 0 Å². The number of urea groups is 1. The van der Waals surface area contributed by atoms with Gasteiger partial charge in [-0.2, -0.15) is 0 Å². The third-order valence-corrected chi connectivity index (χ3v) is 7.70. The molecule has 0 spiro atoms. The first kappa shape index (κ1) is 25.8. The molecule has 0 aromatic heterocycles. The molecule has 0 saturated carbocycles. The van der Waals surface area contributed by atoms with Crippen LogP contribution in [0.15, 0.2) is 91.0 Å². The number of benzene rings is 4. The highest BCUT2D eigenvalue weighted by atomic mass is 35.5. The second kappa shape index (κ2) is 11.3. The maximum Gasteiger partial charge on any atom is 0.335 e. The number of hydrogen-bond donors (Lipinski definition) is 3.